The van der Waals surface area contributed by atoms with Gasteiger partial charge in [-0.25, -0.2) is 8.42 Å². The van der Waals surface area contributed by atoms with Crippen molar-refractivity contribution in [1.82, 2.24) is 4.90 Å². The van der Waals surface area contributed by atoms with E-state index in [2.05, 4.69) is 97.6 Å². The van der Waals surface area contributed by atoms with Crippen molar-refractivity contribution < 1.29 is 17.8 Å². The quantitative estimate of drug-likeness (QED) is 0.298. The first kappa shape index (κ1) is 25.4. The number of hydrogen-bond acceptors (Lipinski definition) is 4. The fourth-order valence-corrected chi connectivity index (χ4v) is 5.33. The van der Waals surface area contributed by atoms with Crippen LogP contribution < -0.4 is 0 Å². The van der Waals surface area contributed by atoms with Gasteiger partial charge in [-0.3, -0.25) is 4.79 Å². The lowest BCUT2D eigenvalue weighted by atomic mass is 10.3. The zero-order valence-electron chi connectivity index (χ0n) is 18.3. The van der Waals surface area contributed by atoms with Gasteiger partial charge in [0, 0.05) is 12.6 Å². The summed E-state index contributed by atoms with van der Waals surface area (Å²) in [6.45, 7) is 5.96. The predicted molar refractivity (Wildman–Crippen MR) is 128 cm³/mol. The molecule has 0 saturated heterocycles. The minimum absolute atomic E-state index is 0.0146. The van der Waals surface area contributed by atoms with Crippen LogP contribution in [-0.2, 0) is 25.8 Å². The molecule has 3 rings (SSSR count). The van der Waals surface area contributed by atoms with E-state index in [9.17, 15) is 17.8 Å². The Labute approximate surface area is 193 Å². The normalized spacial score (nSPS) is 11.8. The van der Waals surface area contributed by atoms with Crippen LogP contribution in [0, 0.1) is 0 Å². The summed E-state index contributed by atoms with van der Waals surface area (Å²) in [6.07, 6.45) is 0. The van der Waals surface area contributed by atoms with Crippen LogP contribution in [0.3, 0.4) is 0 Å². The first-order valence-corrected chi connectivity index (χ1v) is 12.6. The van der Waals surface area contributed by atoms with Crippen molar-refractivity contribution >= 4 is 26.9 Å². The highest BCUT2D eigenvalue weighted by Crippen LogP contribution is 2.30. The van der Waals surface area contributed by atoms with Gasteiger partial charge in [-0.05, 0) is 50.2 Å². The Kier molecular flexibility index (Phi) is 9.26. The average molecular weight is 470 g/mol. The minimum Gasteiger partial charge on any atom is -0.746 e. The minimum atomic E-state index is -4.47. The second-order valence-electron chi connectivity index (χ2n) is 7.03. The molecule has 0 radical (unpaired) electrons. The standard InChI is InChI=1S/C18H15S.C7H13NO4S/c1-4-10-16(11-5-1)19(17-12-6-2-7-13-17)18-14-8-3-9-15-18;1-5(2)7(9)8(4)6(3)13(10,11)12/h1-15H;6H,1H2,2-4H3,(H,10,11,12)/q+1;/p-1. The van der Waals surface area contributed by atoms with E-state index in [0.29, 0.717) is 0 Å². The van der Waals surface area contributed by atoms with E-state index in [1.165, 1.54) is 28.7 Å². The summed E-state index contributed by atoms with van der Waals surface area (Å²) in [5.41, 5.74) is 0.193. The lowest BCUT2D eigenvalue weighted by Crippen LogP contribution is -2.40. The van der Waals surface area contributed by atoms with E-state index in [4.69, 9.17) is 0 Å². The molecule has 0 fully saturated rings. The molecule has 3 aromatic rings. The summed E-state index contributed by atoms with van der Waals surface area (Å²) in [5.74, 6) is -0.549. The van der Waals surface area contributed by atoms with E-state index < -0.39 is 21.4 Å². The maximum absolute atomic E-state index is 11.2. The van der Waals surface area contributed by atoms with Crippen molar-refractivity contribution in [3.05, 3.63) is 103 Å². The Balaban J connectivity index is 0.000000247. The first-order valence-electron chi connectivity index (χ1n) is 9.89. The molecule has 5 nitrogen and oxygen atoms in total. The number of carbonyl (C=O) groups is 1. The molecule has 0 aliphatic rings. The van der Waals surface area contributed by atoms with Gasteiger partial charge in [0.25, 0.3) is 0 Å². The third-order valence-electron chi connectivity index (χ3n) is 4.59. The molecule has 0 heterocycles. The van der Waals surface area contributed by atoms with Crippen LogP contribution in [0.2, 0.25) is 0 Å². The number of hydrogen-bond donors (Lipinski definition) is 0. The second-order valence-corrected chi connectivity index (χ2v) is 10.7. The number of likely N-dealkylation sites (N-methyl/N-ethyl adjacent to an activating group) is 1. The summed E-state index contributed by atoms with van der Waals surface area (Å²) in [5, 5.41) is -1.36. The Hall–Kier alpha value is -2.87. The summed E-state index contributed by atoms with van der Waals surface area (Å²) in [4.78, 5) is 16.1. The molecule has 32 heavy (non-hydrogen) atoms. The van der Waals surface area contributed by atoms with Gasteiger partial charge in [-0.15, -0.1) is 0 Å². The Bertz CT molecular complexity index is 1020. The summed E-state index contributed by atoms with van der Waals surface area (Å²) >= 11 is 0. The van der Waals surface area contributed by atoms with Crippen LogP contribution in [0.15, 0.2) is 118 Å². The molecule has 0 aliphatic heterocycles. The van der Waals surface area contributed by atoms with Crippen molar-refractivity contribution in [3.63, 3.8) is 0 Å². The number of carbonyl (C=O) groups excluding carboxylic acids is 1. The van der Waals surface area contributed by atoms with Crippen molar-refractivity contribution in [1.29, 1.82) is 0 Å². The molecule has 7 heteroatoms. The monoisotopic (exact) mass is 469 g/mol. The van der Waals surface area contributed by atoms with Crippen molar-refractivity contribution in [2.45, 2.75) is 33.9 Å². The van der Waals surface area contributed by atoms with Crippen molar-refractivity contribution in [2.75, 3.05) is 7.05 Å². The molecular formula is C25H27NO4S2. The Morgan fingerprint density at radius 3 is 1.41 bits per heavy atom. The third kappa shape index (κ3) is 7.09. The van der Waals surface area contributed by atoms with Crippen LogP contribution in [-0.4, -0.2) is 36.2 Å². The van der Waals surface area contributed by atoms with Gasteiger partial charge in [0.15, 0.2) is 14.7 Å². The zero-order chi connectivity index (χ0) is 23.7. The maximum Gasteiger partial charge on any atom is 0.249 e. The molecule has 0 aromatic heterocycles. The number of amides is 1. The molecule has 0 N–H and O–H groups in total. The van der Waals surface area contributed by atoms with Gasteiger partial charge in [0.05, 0.1) is 10.9 Å². The summed E-state index contributed by atoms with van der Waals surface area (Å²) in [6, 6.07) is 32.2. The zero-order valence-corrected chi connectivity index (χ0v) is 20.0. The summed E-state index contributed by atoms with van der Waals surface area (Å²) in [7, 11) is -3.23. The van der Waals surface area contributed by atoms with Gasteiger partial charge < -0.3 is 9.45 Å². The third-order valence-corrected chi connectivity index (χ3v) is 7.97. The van der Waals surface area contributed by atoms with E-state index in [1.54, 1.807) is 0 Å². The van der Waals surface area contributed by atoms with Gasteiger partial charge in [-0.2, -0.15) is 0 Å². The van der Waals surface area contributed by atoms with Crippen molar-refractivity contribution in [2.24, 2.45) is 0 Å². The second kappa shape index (κ2) is 11.7. The van der Waals surface area contributed by atoms with Crippen LogP contribution in [0.25, 0.3) is 0 Å². The molecule has 0 aliphatic carbocycles. The van der Waals surface area contributed by atoms with Crippen LogP contribution in [0.5, 0.6) is 0 Å². The van der Waals surface area contributed by atoms with E-state index in [0.717, 1.165) is 11.8 Å². The molecule has 168 valence electrons. The maximum atomic E-state index is 11.2. The fourth-order valence-electron chi connectivity index (χ4n) is 2.74. The first-order chi connectivity index (χ1) is 15.1. The number of rotatable bonds is 6. The average Bonchev–Trinajstić information content (AvgIpc) is 2.79. The highest BCUT2D eigenvalue weighted by molar-refractivity contribution is 7.97. The highest BCUT2D eigenvalue weighted by atomic mass is 32.2. The molecule has 1 amide bonds. The highest BCUT2D eigenvalue weighted by Gasteiger charge is 2.27. The molecule has 0 spiro atoms. The SMILES string of the molecule is C=C(C)C(=O)N(C)C(C)S(=O)(=O)[O-].c1ccc([S+](c2ccccc2)c2ccccc2)cc1. The topological polar surface area (TPSA) is 77.5 Å². The largest absolute Gasteiger partial charge is 0.746 e. The smallest absolute Gasteiger partial charge is 0.249 e. The van der Waals surface area contributed by atoms with Gasteiger partial charge in [0.1, 0.15) is 15.5 Å². The molecule has 3 aromatic carbocycles. The van der Waals surface area contributed by atoms with Crippen LogP contribution in [0.1, 0.15) is 13.8 Å². The fraction of sp³-hybridized carbons (Fsp3) is 0.160. The number of nitrogens with zero attached hydrogens (tertiary/aromatic N) is 1. The van der Waals surface area contributed by atoms with Gasteiger partial charge in [0.2, 0.25) is 5.91 Å². The van der Waals surface area contributed by atoms with Gasteiger partial charge in [-0.1, -0.05) is 61.2 Å². The molecule has 1 unspecified atom stereocenters. The lowest BCUT2D eigenvalue weighted by molar-refractivity contribution is -0.126. The van der Waals surface area contributed by atoms with E-state index >= 15 is 0 Å². The van der Waals surface area contributed by atoms with E-state index in [-0.39, 0.29) is 16.5 Å². The Morgan fingerprint density at radius 1 is 0.844 bits per heavy atom. The molecule has 1 atom stereocenters. The molecule has 0 bridgehead atoms. The number of benzene rings is 3. The van der Waals surface area contributed by atoms with Crippen LogP contribution >= 0.6 is 0 Å². The van der Waals surface area contributed by atoms with Crippen molar-refractivity contribution in [3.8, 4) is 0 Å². The molecule has 0 saturated carbocycles. The van der Waals surface area contributed by atoms with Crippen LogP contribution in [0.4, 0.5) is 0 Å². The summed E-state index contributed by atoms with van der Waals surface area (Å²) < 4.78 is 31.6. The Morgan fingerprint density at radius 2 is 1.16 bits per heavy atom. The predicted octanol–water partition coefficient (Wildman–Crippen LogP) is 4.69. The lowest BCUT2D eigenvalue weighted by Gasteiger charge is -2.26. The van der Waals surface area contributed by atoms with Gasteiger partial charge >= 0.3 is 0 Å². The van der Waals surface area contributed by atoms with E-state index in [1.807, 2.05) is 0 Å². The molecular weight excluding hydrogens is 442 g/mol.